The van der Waals surface area contributed by atoms with Gasteiger partial charge in [0.05, 0.1) is 22.4 Å². The minimum atomic E-state index is 0.192. The van der Waals surface area contributed by atoms with Gasteiger partial charge in [0, 0.05) is 34.3 Å². The molecule has 6 aromatic carbocycles. The largest absolute Gasteiger partial charge is 0.507 e. The van der Waals surface area contributed by atoms with Gasteiger partial charge >= 0.3 is 0 Å². The monoisotopic (exact) mass is 517 g/mol. The molecule has 5 nitrogen and oxygen atoms in total. The summed E-state index contributed by atoms with van der Waals surface area (Å²) in [5.41, 5.74) is 4.49. The van der Waals surface area contributed by atoms with Crippen molar-refractivity contribution in [1.82, 2.24) is 4.98 Å². The first kappa shape index (κ1) is 23.6. The first-order valence-corrected chi connectivity index (χ1v) is 13.0. The Bertz CT molecular complexity index is 2000. The first-order chi connectivity index (χ1) is 19.6. The molecule has 0 aliphatic rings. The van der Waals surface area contributed by atoms with E-state index in [0.717, 1.165) is 54.7 Å². The molecule has 0 fully saturated rings. The molecule has 0 spiro atoms. The number of rotatable bonds is 4. The van der Waals surface area contributed by atoms with Crippen LogP contribution in [0, 0.1) is 0 Å². The lowest BCUT2D eigenvalue weighted by Gasteiger charge is -2.06. The Morgan fingerprint density at radius 1 is 0.475 bits per heavy atom. The highest BCUT2D eigenvalue weighted by Crippen LogP contribution is 2.30. The number of hydrogen-bond acceptors (Lipinski definition) is 5. The van der Waals surface area contributed by atoms with Crippen LogP contribution in [0.25, 0.3) is 43.4 Å². The maximum absolute atomic E-state index is 10.5. The van der Waals surface area contributed by atoms with Gasteiger partial charge in [-0.05, 0) is 64.0 Å². The first-order valence-electron chi connectivity index (χ1n) is 13.0. The van der Waals surface area contributed by atoms with Crippen molar-refractivity contribution in [3.05, 3.63) is 126 Å². The molecule has 190 valence electrons. The number of fused-ring (bicyclic) bond motifs is 4. The molecule has 0 unspecified atom stereocenters. The Balaban J connectivity index is 1.24. The van der Waals surface area contributed by atoms with E-state index in [4.69, 9.17) is 4.98 Å². The average Bonchev–Trinajstić information content (AvgIpc) is 2.99. The number of pyridine rings is 1. The van der Waals surface area contributed by atoms with Gasteiger partial charge in [0.25, 0.3) is 0 Å². The van der Waals surface area contributed by atoms with E-state index in [1.807, 2.05) is 97.1 Å². The van der Waals surface area contributed by atoms with Crippen molar-refractivity contribution < 1.29 is 10.2 Å². The molecular weight excluding hydrogens is 494 g/mol. The number of nitrogens with zero attached hydrogens (tertiary/aromatic N) is 3. The maximum Gasteiger partial charge on any atom is 0.124 e. The molecule has 0 saturated heterocycles. The van der Waals surface area contributed by atoms with Gasteiger partial charge in [0.1, 0.15) is 11.5 Å². The normalized spacial score (nSPS) is 12.0. The molecule has 0 radical (unpaired) electrons. The number of aromatic nitrogens is 1. The predicted octanol–water partition coefficient (Wildman–Crippen LogP) is 8.61. The van der Waals surface area contributed by atoms with Crippen LogP contribution < -0.4 is 0 Å². The van der Waals surface area contributed by atoms with E-state index >= 15 is 0 Å². The van der Waals surface area contributed by atoms with Crippen molar-refractivity contribution >= 4 is 67.2 Å². The summed E-state index contributed by atoms with van der Waals surface area (Å²) >= 11 is 0. The van der Waals surface area contributed by atoms with Gasteiger partial charge < -0.3 is 10.2 Å². The lowest BCUT2D eigenvalue weighted by atomic mass is 10.0. The van der Waals surface area contributed by atoms with Crippen molar-refractivity contribution in [2.75, 3.05) is 0 Å². The van der Waals surface area contributed by atoms with Crippen LogP contribution in [0.15, 0.2) is 125 Å². The van der Waals surface area contributed by atoms with Gasteiger partial charge in [-0.1, -0.05) is 72.8 Å². The molecule has 1 aromatic heterocycles. The Kier molecular flexibility index (Phi) is 5.68. The number of phenolic OH excluding ortho intramolecular Hbond substituents is 2. The average molecular weight is 518 g/mol. The molecule has 40 heavy (non-hydrogen) atoms. The van der Waals surface area contributed by atoms with E-state index in [1.165, 1.54) is 0 Å². The summed E-state index contributed by atoms with van der Waals surface area (Å²) < 4.78 is 0. The fraction of sp³-hybridized carbons (Fsp3) is 0. The molecule has 0 amide bonds. The number of aromatic hydroxyl groups is 2. The molecule has 0 bridgehead atoms. The summed E-state index contributed by atoms with van der Waals surface area (Å²) in [6, 6.07) is 36.9. The molecular formula is C35H23N3O2. The zero-order valence-electron chi connectivity index (χ0n) is 21.4. The number of benzene rings is 6. The molecule has 2 N–H and O–H groups in total. The van der Waals surface area contributed by atoms with Crippen LogP contribution in [0.2, 0.25) is 0 Å². The summed E-state index contributed by atoms with van der Waals surface area (Å²) in [6.07, 6.45) is 3.41. The standard InChI is InChI=1S/C35H23N3O2/c39-34-15-11-22-5-1-3-7-28(22)30(34)20-36-26-13-9-24-17-25-10-14-27(19-33(25)38-32(24)18-26)37-21-31-29-8-4-2-6-23(29)12-16-35(31)40/h1-21,39-40H. The summed E-state index contributed by atoms with van der Waals surface area (Å²) in [6.45, 7) is 0. The number of phenols is 2. The molecule has 0 aliphatic carbocycles. The second kappa shape index (κ2) is 9.64. The second-order valence-electron chi connectivity index (χ2n) is 9.70. The molecule has 7 rings (SSSR count). The number of hydrogen-bond donors (Lipinski definition) is 2. The highest BCUT2D eigenvalue weighted by atomic mass is 16.3. The molecule has 5 heteroatoms. The molecule has 0 saturated carbocycles. The number of aliphatic imine (C=N–C) groups is 2. The zero-order chi connectivity index (χ0) is 27.1. The molecule has 0 atom stereocenters. The Hall–Kier alpha value is -5.55. The topological polar surface area (TPSA) is 78.1 Å². The van der Waals surface area contributed by atoms with Gasteiger partial charge in [-0.3, -0.25) is 9.98 Å². The second-order valence-corrected chi connectivity index (χ2v) is 9.70. The van der Waals surface area contributed by atoms with E-state index < -0.39 is 0 Å². The minimum Gasteiger partial charge on any atom is -0.507 e. The fourth-order valence-electron chi connectivity index (χ4n) is 5.08. The predicted molar refractivity (Wildman–Crippen MR) is 165 cm³/mol. The maximum atomic E-state index is 10.5. The van der Waals surface area contributed by atoms with Crippen LogP contribution in [-0.4, -0.2) is 27.6 Å². The van der Waals surface area contributed by atoms with Crippen molar-refractivity contribution in [2.24, 2.45) is 9.98 Å². The van der Waals surface area contributed by atoms with Gasteiger partial charge in [0.15, 0.2) is 0 Å². The van der Waals surface area contributed by atoms with Crippen LogP contribution in [0.3, 0.4) is 0 Å². The van der Waals surface area contributed by atoms with E-state index in [9.17, 15) is 10.2 Å². The zero-order valence-corrected chi connectivity index (χ0v) is 21.4. The fourth-order valence-corrected chi connectivity index (χ4v) is 5.08. The highest BCUT2D eigenvalue weighted by Gasteiger charge is 2.07. The van der Waals surface area contributed by atoms with Crippen molar-refractivity contribution in [1.29, 1.82) is 0 Å². The third kappa shape index (κ3) is 4.29. The van der Waals surface area contributed by atoms with Gasteiger partial charge in [-0.2, -0.15) is 0 Å². The van der Waals surface area contributed by atoms with Crippen LogP contribution >= 0.6 is 0 Å². The summed E-state index contributed by atoms with van der Waals surface area (Å²) in [5.74, 6) is 0.384. The lowest BCUT2D eigenvalue weighted by Crippen LogP contribution is -1.87. The lowest BCUT2D eigenvalue weighted by molar-refractivity contribution is 0.475. The third-order valence-electron chi connectivity index (χ3n) is 7.16. The quantitative estimate of drug-likeness (QED) is 0.181. The Morgan fingerprint density at radius 3 is 1.43 bits per heavy atom. The smallest absolute Gasteiger partial charge is 0.124 e. The molecule has 1 heterocycles. The van der Waals surface area contributed by atoms with E-state index in [1.54, 1.807) is 24.6 Å². The van der Waals surface area contributed by atoms with E-state index in [2.05, 4.69) is 16.1 Å². The molecule has 7 aromatic rings. The van der Waals surface area contributed by atoms with Crippen LogP contribution in [0.1, 0.15) is 11.1 Å². The van der Waals surface area contributed by atoms with Crippen molar-refractivity contribution in [2.45, 2.75) is 0 Å². The van der Waals surface area contributed by atoms with Crippen LogP contribution in [-0.2, 0) is 0 Å². The van der Waals surface area contributed by atoms with E-state index in [-0.39, 0.29) is 11.5 Å². The third-order valence-corrected chi connectivity index (χ3v) is 7.16. The summed E-state index contributed by atoms with van der Waals surface area (Å²) in [4.78, 5) is 14.2. The molecule has 0 aliphatic heterocycles. The minimum absolute atomic E-state index is 0.192. The van der Waals surface area contributed by atoms with Crippen LogP contribution in [0.5, 0.6) is 11.5 Å². The van der Waals surface area contributed by atoms with Crippen molar-refractivity contribution in [3.63, 3.8) is 0 Å². The highest BCUT2D eigenvalue weighted by molar-refractivity contribution is 6.04. The SMILES string of the molecule is Oc1ccc2ccccc2c1C=Nc1ccc2cc3ccc(N=Cc4c(O)ccc5ccccc45)cc3nc2c1. The van der Waals surface area contributed by atoms with Gasteiger partial charge in [-0.25, -0.2) is 4.98 Å². The van der Waals surface area contributed by atoms with Crippen molar-refractivity contribution in [3.8, 4) is 11.5 Å². The summed E-state index contributed by atoms with van der Waals surface area (Å²) in [7, 11) is 0. The van der Waals surface area contributed by atoms with E-state index in [0.29, 0.717) is 11.1 Å². The Morgan fingerprint density at radius 2 is 0.925 bits per heavy atom. The summed E-state index contributed by atoms with van der Waals surface area (Å²) in [5, 5.41) is 26.9. The Labute approximate surface area is 230 Å². The van der Waals surface area contributed by atoms with Crippen LogP contribution in [0.4, 0.5) is 11.4 Å². The van der Waals surface area contributed by atoms with Gasteiger partial charge in [-0.15, -0.1) is 0 Å². The van der Waals surface area contributed by atoms with Gasteiger partial charge in [0.2, 0.25) is 0 Å².